The number of aryl methyl sites for hydroxylation is 1. The molecule has 0 saturated carbocycles. The van der Waals surface area contributed by atoms with Crippen LogP contribution in [0.3, 0.4) is 0 Å². The van der Waals surface area contributed by atoms with Crippen molar-refractivity contribution in [1.29, 1.82) is 0 Å². The number of aliphatic hydroxyl groups is 1. The molecule has 0 heterocycles. The predicted molar refractivity (Wildman–Crippen MR) is 76.0 cm³/mol. The van der Waals surface area contributed by atoms with Gasteiger partial charge in [0.05, 0.1) is 28.0 Å². The van der Waals surface area contributed by atoms with Crippen LogP contribution in [0, 0.1) is 12.7 Å². The van der Waals surface area contributed by atoms with Gasteiger partial charge in [-0.1, -0.05) is 0 Å². The second-order valence-corrected chi connectivity index (χ2v) is 5.67. The second-order valence-electron chi connectivity index (χ2n) is 4.88. The van der Waals surface area contributed by atoms with Gasteiger partial charge in [-0.05, 0) is 48.3 Å². The molecule has 0 unspecified atom stereocenters. The number of anilines is 2. The third-order valence-corrected chi connectivity index (χ3v) is 3.20. The van der Waals surface area contributed by atoms with Gasteiger partial charge >= 0.3 is 0 Å². The Balaban J connectivity index is 3.26. The summed E-state index contributed by atoms with van der Waals surface area (Å²) in [4.78, 5) is 0. The predicted octanol–water partition coefficient (Wildman–Crippen LogP) is 2.19. The minimum Gasteiger partial charge on any atom is -0.397 e. The lowest BCUT2D eigenvalue weighted by Crippen LogP contribution is -2.45. The summed E-state index contributed by atoms with van der Waals surface area (Å²) in [6.07, 6.45) is 0. The van der Waals surface area contributed by atoms with Crippen LogP contribution in [0.25, 0.3) is 0 Å². The van der Waals surface area contributed by atoms with Crippen molar-refractivity contribution in [2.75, 3.05) is 24.3 Å². The minimum atomic E-state index is -0.934. The van der Waals surface area contributed by atoms with Gasteiger partial charge in [-0.3, -0.25) is 0 Å². The Kier molecular flexibility index (Phi) is 4.58. The zero-order valence-corrected chi connectivity index (χ0v) is 12.6. The van der Waals surface area contributed by atoms with Crippen molar-refractivity contribution in [3.63, 3.8) is 0 Å². The average Bonchev–Trinajstić information content (AvgIpc) is 2.23. The summed E-state index contributed by atoms with van der Waals surface area (Å²) < 4.78 is 14.2. The molecule has 18 heavy (non-hydrogen) atoms. The van der Waals surface area contributed by atoms with Gasteiger partial charge in [0, 0.05) is 7.05 Å². The summed E-state index contributed by atoms with van der Waals surface area (Å²) in [5.41, 5.74) is 9.30. The van der Waals surface area contributed by atoms with Crippen molar-refractivity contribution >= 4 is 27.3 Å². The molecule has 0 aliphatic carbocycles. The molecule has 0 fully saturated rings. The van der Waals surface area contributed by atoms with Crippen molar-refractivity contribution < 1.29 is 9.50 Å². The summed E-state index contributed by atoms with van der Waals surface area (Å²) in [5.74, 6) is -0.352. The van der Waals surface area contributed by atoms with E-state index in [0.717, 1.165) is 0 Å². The topological polar surface area (TPSA) is 61.5 Å². The fourth-order valence-electron chi connectivity index (χ4n) is 1.70. The lowest BCUT2D eigenvalue weighted by atomic mass is 10.1. The molecule has 0 atom stereocenters. The van der Waals surface area contributed by atoms with Crippen molar-refractivity contribution in [3.05, 3.63) is 21.9 Å². The van der Waals surface area contributed by atoms with Crippen LogP contribution >= 0.6 is 15.9 Å². The second kappa shape index (κ2) is 5.42. The summed E-state index contributed by atoms with van der Waals surface area (Å²) in [6.45, 7) is 5.27. The first-order valence-electron chi connectivity index (χ1n) is 5.58. The molecular formula is C12H19BrFN3O. The fourth-order valence-corrected chi connectivity index (χ4v) is 2.46. The molecule has 0 spiro atoms. The Labute approximate surface area is 115 Å². The Hall–Kier alpha value is -0.850. The Morgan fingerprint density at radius 2 is 2.11 bits per heavy atom. The highest BCUT2D eigenvalue weighted by molar-refractivity contribution is 9.10. The van der Waals surface area contributed by atoms with Gasteiger partial charge < -0.3 is 15.8 Å². The van der Waals surface area contributed by atoms with Gasteiger partial charge in [0.1, 0.15) is 5.82 Å². The molecule has 6 heteroatoms. The molecule has 4 nitrogen and oxygen atoms in total. The SMILES string of the molecule is CNN(CC(C)(C)O)c1c(N)cc(C)c(F)c1Br. The maximum atomic E-state index is 13.9. The number of nitrogens with zero attached hydrogens (tertiary/aromatic N) is 1. The monoisotopic (exact) mass is 319 g/mol. The first-order chi connectivity index (χ1) is 8.17. The summed E-state index contributed by atoms with van der Waals surface area (Å²) in [6, 6.07) is 1.57. The van der Waals surface area contributed by atoms with E-state index in [1.54, 1.807) is 38.9 Å². The van der Waals surface area contributed by atoms with E-state index in [9.17, 15) is 9.50 Å². The van der Waals surface area contributed by atoms with Gasteiger partial charge in [-0.2, -0.15) is 0 Å². The highest BCUT2D eigenvalue weighted by Gasteiger charge is 2.23. The van der Waals surface area contributed by atoms with Crippen LogP contribution in [-0.2, 0) is 0 Å². The molecule has 0 radical (unpaired) electrons. The normalized spacial score (nSPS) is 11.7. The minimum absolute atomic E-state index is 0.273. The molecule has 1 aromatic carbocycles. The molecule has 4 N–H and O–H groups in total. The third kappa shape index (κ3) is 3.34. The van der Waals surface area contributed by atoms with E-state index < -0.39 is 5.60 Å². The maximum Gasteiger partial charge on any atom is 0.142 e. The number of nitrogen functional groups attached to an aromatic ring is 1. The van der Waals surface area contributed by atoms with Crippen LogP contribution in [0.1, 0.15) is 19.4 Å². The van der Waals surface area contributed by atoms with Crippen LogP contribution in [-0.4, -0.2) is 24.3 Å². The molecule has 102 valence electrons. The van der Waals surface area contributed by atoms with Crippen LogP contribution in [0.2, 0.25) is 0 Å². The lowest BCUT2D eigenvalue weighted by molar-refractivity contribution is 0.0853. The van der Waals surface area contributed by atoms with E-state index in [1.165, 1.54) is 0 Å². The number of hydrogen-bond acceptors (Lipinski definition) is 4. The van der Waals surface area contributed by atoms with Gasteiger partial charge in [0.25, 0.3) is 0 Å². The van der Waals surface area contributed by atoms with Crippen molar-refractivity contribution in [1.82, 2.24) is 5.43 Å². The molecule has 1 aromatic rings. The number of halogens is 2. The molecule has 0 aromatic heterocycles. The van der Waals surface area contributed by atoms with Crippen molar-refractivity contribution in [3.8, 4) is 0 Å². The summed E-state index contributed by atoms with van der Waals surface area (Å²) >= 11 is 3.21. The Morgan fingerprint density at radius 3 is 2.56 bits per heavy atom. The van der Waals surface area contributed by atoms with Gasteiger partial charge in [-0.25, -0.2) is 9.82 Å². The summed E-state index contributed by atoms with van der Waals surface area (Å²) in [7, 11) is 1.69. The van der Waals surface area contributed by atoms with Crippen molar-refractivity contribution in [2.24, 2.45) is 0 Å². The summed E-state index contributed by atoms with van der Waals surface area (Å²) in [5, 5.41) is 11.5. The molecule has 0 amide bonds. The van der Waals surface area contributed by atoms with Crippen LogP contribution in [0.15, 0.2) is 10.5 Å². The number of hydrazine groups is 1. The first-order valence-corrected chi connectivity index (χ1v) is 6.38. The number of hydrogen-bond donors (Lipinski definition) is 3. The van der Waals surface area contributed by atoms with Gasteiger partial charge in [0.15, 0.2) is 0 Å². The molecule has 1 rings (SSSR count). The standard InChI is InChI=1S/C12H19BrFN3O/c1-7-5-8(15)11(9(13)10(7)14)17(16-4)6-12(2,3)18/h5,16,18H,6,15H2,1-4H3. The maximum absolute atomic E-state index is 13.9. The van der Waals surface area contributed by atoms with Gasteiger partial charge in [0.2, 0.25) is 0 Å². The van der Waals surface area contributed by atoms with E-state index in [2.05, 4.69) is 21.4 Å². The lowest BCUT2D eigenvalue weighted by Gasteiger charge is -2.31. The Morgan fingerprint density at radius 1 is 1.56 bits per heavy atom. The fraction of sp³-hybridized carbons (Fsp3) is 0.500. The first kappa shape index (κ1) is 15.2. The van der Waals surface area contributed by atoms with E-state index >= 15 is 0 Å². The molecular weight excluding hydrogens is 301 g/mol. The van der Waals surface area contributed by atoms with E-state index in [0.29, 0.717) is 21.4 Å². The highest BCUT2D eigenvalue weighted by Crippen LogP contribution is 2.36. The van der Waals surface area contributed by atoms with Crippen molar-refractivity contribution in [2.45, 2.75) is 26.4 Å². The van der Waals surface area contributed by atoms with Crippen LogP contribution in [0.5, 0.6) is 0 Å². The van der Waals surface area contributed by atoms with E-state index in [-0.39, 0.29) is 12.4 Å². The van der Waals surface area contributed by atoms with E-state index in [1.807, 2.05) is 0 Å². The zero-order valence-electron chi connectivity index (χ0n) is 11.0. The largest absolute Gasteiger partial charge is 0.397 e. The average molecular weight is 320 g/mol. The third-order valence-electron chi connectivity index (χ3n) is 2.48. The van der Waals surface area contributed by atoms with Crippen LogP contribution < -0.4 is 16.2 Å². The van der Waals surface area contributed by atoms with E-state index in [4.69, 9.17) is 5.73 Å². The molecule has 0 aliphatic heterocycles. The van der Waals surface area contributed by atoms with Gasteiger partial charge in [-0.15, -0.1) is 0 Å². The number of nitrogens with one attached hydrogen (secondary N) is 1. The molecule has 0 aliphatic rings. The highest BCUT2D eigenvalue weighted by atomic mass is 79.9. The number of benzene rings is 1. The quantitative estimate of drug-likeness (QED) is 0.588. The number of nitrogens with two attached hydrogens (primary N) is 1. The Bertz CT molecular complexity index is 446. The van der Waals surface area contributed by atoms with Crippen LogP contribution in [0.4, 0.5) is 15.8 Å². The smallest absolute Gasteiger partial charge is 0.142 e. The zero-order chi connectivity index (χ0) is 14.1. The molecule has 0 bridgehead atoms. The molecule has 0 saturated heterocycles. The number of rotatable bonds is 4.